The Labute approximate surface area is 221 Å². The number of piperazine rings is 1. The van der Waals surface area contributed by atoms with Gasteiger partial charge >= 0.3 is 0 Å². The van der Waals surface area contributed by atoms with Crippen molar-refractivity contribution in [1.82, 2.24) is 35.0 Å². The normalized spacial score (nSPS) is 15.6. The molecule has 5 heterocycles. The van der Waals surface area contributed by atoms with Crippen LogP contribution < -0.4 is 10.2 Å². The van der Waals surface area contributed by atoms with Crippen LogP contribution in [0.25, 0.3) is 44.7 Å². The summed E-state index contributed by atoms with van der Waals surface area (Å²) >= 11 is 0. The van der Waals surface area contributed by atoms with E-state index in [9.17, 15) is 5.11 Å². The Balaban J connectivity index is 1.33. The minimum atomic E-state index is -0.628. The van der Waals surface area contributed by atoms with Crippen LogP contribution in [0, 0.1) is 5.92 Å². The molecule has 1 aliphatic heterocycles. The summed E-state index contributed by atoms with van der Waals surface area (Å²) in [6.07, 6.45) is 5.34. The summed E-state index contributed by atoms with van der Waals surface area (Å²) in [6.45, 7) is 8.20. The zero-order chi connectivity index (χ0) is 26.2. The van der Waals surface area contributed by atoms with Crippen molar-refractivity contribution in [2.75, 3.05) is 43.4 Å². The Morgan fingerprint density at radius 2 is 1.87 bits per heavy atom. The summed E-state index contributed by atoms with van der Waals surface area (Å²) in [7, 11) is 2.16. The van der Waals surface area contributed by atoms with Gasteiger partial charge < -0.3 is 25.2 Å². The van der Waals surface area contributed by atoms with Crippen LogP contribution in [0.4, 0.5) is 11.4 Å². The Bertz CT molecular complexity index is 1570. The quantitative estimate of drug-likeness (QED) is 0.241. The van der Waals surface area contributed by atoms with Crippen molar-refractivity contribution in [3.8, 4) is 22.6 Å². The molecule has 0 bridgehead atoms. The van der Waals surface area contributed by atoms with Crippen molar-refractivity contribution in [2.45, 2.75) is 26.5 Å². The Morgan fingerprint density at radius 3 is 2.68 bits per heavy atom. The van der Waals surface area contributed by atoms with Crippen LogP contribution in [0.2, 0.25) is 0 Å². The summed E-state index contributed by atoms with van der Waals surface area (Å²) in [5.74, 6) is 1.11. The summed E-state index contributed by atoms with van der Waals surface area (Å²) in [5.41, 5.74) is 7.09. The standard InChI is InChI=1S/C28H33N9O/c1-17(2)11-24(38)31-20-12-18(14-29-16-20)19-13-21-25(34-35-27(21)30-15-19)28-32-22-5-4-6-23(26(22)33-28)37-9-7-36(3)8-10-37/h4-6,12-17,24,31,38H,7-11H2,1-3H3,(H,32,33)(H,30,34,35). The molecule has 196 valence electrons. The first kappa shape index (κ1) is 24.3. The molecule has 0 amide bonds. The number of aromatic amines is 2. The van der Waals surface area contributed by atoms with Gasteiger partial charge in [0.1, 0.15) is 17.4 Å². The van der Waals surface area contributed by atoms with Crippen LogP contribution in [0.3, 0.4) is 0 Å². The molecule has 1 saturated heterocycles. The maximum Gasteiger partial charge on any atom is 0.181 e. The first-order valence-electron chi connectivity index (χ1n) is 13.1. The van der Waals surface area contributed by atoms with Gasteiger partial charge in [-0.3, -0.25) is 10.1 Å². The Morgan fingerprint density at radius 1 is 1.05 bits per heavy atom. The number of hydrogen-bond acceptors (Lipinski definition) is 8. The van der Waals surface area contributed by atoms with E-state index in [0.29, 0.717) is 18.0 Å². The van der Waals surface area contributed by atoms with Gasteiger partial charge in [-0.2, -0.15) is 5.10 Å². The minimum Gasteiger partial charge on any atom is -0.374 e. The van der Waals surface area contributed by atoms with Gasteiger partial charge in [0.15, 0.2) is 11.5 Å². The van der Waals surface area contributed by atoms with Crippen molar-refractivity contribution in [1.29, 1.82) is 0 Å². The van der Waals surface area contributed by atoms with E-state index < -0.39 is 6.23 Å². The minimum absolute atomic E-state index is 0.385. The summed E-state index contributed by atoms with van der Waals surface area (Å²) in [4.78, 5) is 22.2. The molecule has 1 fully saturated rings. The number of likely N-dealkylation sites (N-methyl/N-ethyl adjacent to an activating group) is 1. The van der Waals surface area contributed by atoms with Gasteiger partial charge in [0.25, 0.3) is 0 Å². The molecule has 0 radical (unpaired) electrons. The van der Waals surface area contributed by atoms with E-state index in [0.717, 1.165) is 76.6 Å². The number of aliphatic hydroxyl groups is 1. The SMILES string of the molecule is CC(C)CC(O)Nc1cncc(-c2cnc3n[nH]c(-c4nc5c(N6CCN(C)CC6)cccc5[nH]4)c3c2)c1. The van der Waals surface area contributed by atoms with Crippen LogP contribution in [0.15, 0.2) is 48.9 Å². The molecule has 1 aliphatic rings. The number of aromatic nitrogens is 6. The van der Waals surface area contributed by atoms with Crippen molar-refractivity contribution in [2.24, 2.45) is 5.92 Å². The van der Waals surface area contributed by atoms with E-state index in [1.165, 1.54) is 0 Å². The number of nitrogens with one attached hydrogen (secondary N) is 3. The van der Waals surface area contributed by atoms with Crippen LogP contribution in [0.1, 0.15) is 20.3 Å². The highest BCUT2D eigenvalue weighted by Crippen LogP contribution is 2.32. The van der Waals surface area contributed by atoms with Crippen LogP contribution in [-0.2, 0) is 0 Å². The number of anilines is 2. The number of nitrogens with zero attached hydrogens (tertiary/aromatic N) is 6. The number of para-hydroxylation sites is 1. The molecule has 4 N–H and O–H groups in total. The van der Waals surface area contributed by atoms with E-state index in [4.69, 9.17) is 4.98 Å². The average molecular weight is 512 g/mol. The van der Waals surface area contributed by atoms with Gasteiger partial charge in [-0.25, -0.2) is 9.97 Å². The third-order valence-corrected chi connectivity index (χ3v) is 7.08. The van der Waals surface area contributed by atoms with Gasteiger partial charge in [-0.1, -0.05) is 19.9 Å². The maximum atomic E-state index is 10.3. The van der Waals surface area contributed by atoms with Crippen molar-refractivity contribution in [3.63, 3.8) is 0 Å². The third-order valence-electron chi connectivity index (χ3n) is 7.08. The molecule has 4 aromatic heterocycles. The molecule has 0 aliphatic carbocycles. The first-order valence-corrected chi connectivity index (χ1v) is 13.1. The monoisotopic (exact) mass is 511 g/mol. The third kappa shape index (κ3) is 4.80. The predicted octanol–water partition coefficient (Wildman–Crippen LogP) is 4.09. The molecule has 10 nitrogen and oxygen atoms in total. The molecule has 10 heteroatoms. The fourth-order valence-corrected chi connectivity index (χ4v) is 5.05. The molecular formula is C28H33N9O. The van der Waals surface area contributed by atoms with Crippen LogP contribution in [0.5, 0.6) is 0 Å². The number of hydrogen-bond donors (Lipinski definition) is 4. The molecule has 5 aromatic rings. The first-order chi connectivity index (χ1) is 18.4. The van der Waals surface area contributed by atoms with Crippen LogP contribution in [-0.4, -0.2) is 79.6 Å². The highest BCUT2D eigenvalue weighted by atomic mass is 16.3. The van der Waals surface area contributed by atoms with Crippen molar-refractivity contribution < 1.29 is 5.11 Å². The zero-order valence-corrected chi connectivity index (χ0v) is 21.9. The smallest absolute Gasteiger partial charge is 0.181 e. The van der Waals surface area contributed by atoms with E-state index in [1.54, 1.807) is 18.6 Å². The van der Waals surface area contributed by atoms with Crippen molar-refractivity contribution >= 4 is 33.4 Å². The highest BCUT2D eigenvalue weighted by Gasteiger charge is 2.20. The fraction of sp³-hybridized carbons (Fsp3) is 0.357. The fourth-order valence-electron chi connectivity index (χ4n) is 5.05. The van der Waals surface area contributed by atoms with Gasteiger partial charge in [0.2, 0.25) is 0 Å². The van der Waals surface area contributed by atoms with Crippen molar-refractivity contribution in [3.05, 3.63) is 48.9 Å². The molecular weight excluding hydrogens is 478 g/mol. The number of fused-ring (bicyclic) bond motifs is 2. The lowest BCUT2D eigenvalue weighted by molar-refractivity contribution is 0.176. The van der Waals surface area contributed by atoms with E-state index in [-0.39, 0.29) is 0 Å². The Hall–Kier alpha value is -4.02. The topological polar surface area (TPSA) is 122 Å². The van der Waals surface area contributed by atoms with Gasteiger partial charge in [-0.05, 0) is 43.7 Å². The highest BCUT2D eigenvalue weighted by molar-refractivity contribution is 5.96. The average Bonchev–Trinajstić information content (AvgIpc) is 3.52. The molecule has 38 heavy (non-hydrogen) atoms. The van der Waals surface area contributed by atoms with E-state index in [2.05, 4.69) is 85.4 Å². The molecule has 0 spiro atoms. The predicted molar refractivity (Wildman–Crippen MR) is 151 cm³/mol. The van der Waals surface area contributed by atoms with E-state index in [1.807, 2.05) is 6.07 Å². The lowest BCUT2D eigenvalue weighted by Gasteiger charge is -2.34. The second-order valence-corrected chi connectivity index (χ2v) is 10.5. The number of benzene rings is 1. The number of H-pyrrole nitrogens is 2. The van der Waals surface area contributed by atoms with E-state index >= 15 is 0 Å². The number of rotatable bonds is 7. The van der Waals surface area contributed by atoms with Gasteiger partial charge in [0.05, 0.1) is 28.5 Å². The number of imidazole rings is 1. The maximum absolute atomic E-state index is 10.3. The zero-order valence-electron chi connectivity index (χ0n) is 21.9. The summed E-state index contributed by atoms with van der Waals surface area (Å²) in [6, 6.07) is 10.3. The van der Waals surface area contributed by atoms with Gasteiger partial charge in [-0.15, -0.1) is 0 Å². The molecule has 1 aromatic carbocycles. The molecule has 6 rings (SSSR count). The number of aliphatic hydroxyl groups excluding tert-OH is 1. The number of pyridine rings is 2. The molecule has 1 unspecified atom stereocenters. The lowest BCUT2D eigenvalue weighted by Crippen LogP contribution is -2.44. The summed E-state index contributed by atoms with van der Waals surface area (Å²) in [5, 5.41) is 21.9. The van der Waals surface area contributed by atoms with Crippen LogP contribution >= 0.6 is 0 Å². The second kappa shape index (κ2) is 10.0. The summed E-state index contributed by atoms with van der Waals surface area (Å²) < 4.78 is 0. The second-order valence-electron chi connectivity index (χ2n) is 10.5. The largest absolute Gasteiger partial charge is 0.374 e. The molecule has 0 saturated carbocycles. The molecule has 1 atom stereocenters. The van der Waals surface area contributed by atoms with Gasteiger partial charge in [0, 0.05) is 49.7 Å². The lowest BCUT2D eigenvalue weighted by atomic mass is 10.1. The Kier molecular flexibility index (Phi) is 6.42.